The number of allylic oxidation sites excluding steroid dienone is 1. The number of carbonyl (C=O) groups is 1. The number of aromatic nitrogens is 3. The maximum Gasteiger partial charge on any atom is 0.410 e. The van der Waals surface area contributed by atoms with Crippen molar-refractivity contribution in [3.63, 3.8) is 0 Å². The summed E-state index contributed by atoms with van der Waals surface area (Å²) in [5.74, 6) is 2.19. The number of amides is 1. The Labute approximate surface area is 219 Å². The number of guanidine groups is 1. The lowest BCUT2D eigenvalue weighted by Gasteiger charge is -2.36. The van der Waals surface area contributed by atoms with Gasteiger partial charge < -0.3 is 24.4 Å². The quantitative estimate of drug-likeness (QED) is 0.498. The number of rotatable bonds is 4. The third-order valence-electron chi connectivity index (χ3n) is 6.41. The Morgan fingerprint density at radius 1 is 1.19 bits per heavy atom. The number of carbonyl (C=O) groups excluding carboxylic acids is 1. The van der Waals surface area contributed by atoms with Gasteiger partial charge >= 0.3 is 6.09 Å². The van der Waals surface area contributed by atoms with Crippen molar-refractivity contribution in [1.29, 1.82) is 0 Å². The number of hydrogen-bond donors (Lipinski definition) is 1. The largest absolute Gasteiger partial charge is 0.444 e. The van der Waals surface area contributed by atoms with Gasteiger partial charge in [0.05, 0.1) is 29.0 Å². The average molecular weight is 507 g/mol. The first-order valence-electron chi connectivity index (χ1n) is 12.9. The van der Waals surface area contributed by atoms with E-state index in [-0.39, 0.29) is 6.09 Å². The summed E-state index contributed by atoms with van der Waals surface area (Å²) in [4.78, 5) is 34.9. The van der Waals surface area contributed by atoms with Crippen LogP contribution >= 0.6 is 0 Å². The Morgan fingerprint density at radius 2 is 1.92 bits per heavy atom. The van der Waals surface area contributed by atoms with E-state index in [1.165, 1.54) is 0 Å². The molecule has 1 aliphatic carbocycles. The van der Waals surface area contributed by atoms with Gasteiger partial charge in [-0.25, -0.2) is 19.8 Å². The molecule has 0 saturated carbocycles. The fourth-order valence-corrected chi connectivity index (χ4v) is 4.61. The number of ether oxygens (including phenoxy) is 1. The Morgan fingerprint density at radius 3 is 2.49 bits per heavy atom. The minimum Gasteiger partial charge on any atom is -0.444 e. The number of fused-ring (bicyclic) bond motifs is 1. The summed E-state index contributed by atoms with van der Waals surface area (Å²) < 4.78 is 7.71. The lowest BCUT2D eigenvalue weighted by Crippen LogP contribution is -2.50. The van der Waals surface area contributed by atoms with Crippen molar-refractivity contribution in [2.24, 2.45) is 9.98 Å². The van der Waals surface area contributed by atoms with Gasteiger partial charge in [0.1, 0.15) is 17.2 Å². The van der Waals surface area contributed by atoms with Gasteiger partial charge in [0, 0.05) is 52.6 Å². The fourth-order valence-electron chi connectivity index (χ4n) is 4.61. The van der Waals surface area contributed by atoms with E-state index in [9.17, 15) is 4.79 Å². The third kappa shape index (κ3) is 5.84. The van der Waals surface area contributed by atoms with Crippen molar-refractivity contribution in [2.45, 2.75) is 59.6 Å². The molecule has 0 atom stereocenters. The fraction of sp³-hybridized carbons (Fsp3) is 0.519. The molecule has 0 unspecified atom stereocenters. The van der Waals surface area contributed by atoms with E-state index >= 15 is 0 Å². The van der Waals surface area contributed by atoms with E-state index < -0.39 is 5.60 Å². The van der Waals surface area contributed by atoms with Crippen LogP contribution < -0.4 is 10.2 Å². The summed E-state index contributed by atoms with van der Waals surface area (Å²) in [6, 6.07) is 3.94. The second-order valence-electron chi connectivity index (χ2n) is 10.2. The molecular weight excluding hydrogens is 468 g/mol. The minimum atomic E-state index is -0.491. The predicted octanol–water partition coefficient (Wildman–Crippen LogP) is 3.92. The van der Waals surface area contributed by atoms with Gasteiger partial charge in [0.15, 0.2) is 0 Å². The topological polar surface area (TPSA) is 100 Å². The Bertz CT molecular complexity index is 1210. The van der Waals surface area contributed by atoms with Gasteiger partial charge in [-0.1, -0.05) is 13.5 Å². The van der Waals surface area contributed by atoms with Gasteiger partial charge in [0.25, 0.3) is 0 Å². The molecule has 1 amide bonds. The molecule has 1 N–H and O–H groups in total. The van der Waals surface area contributed by atoms with Crippen molar-refractivity contribution in [1.82, 2.24) is 19.4 Å². The molecule has 10 nitrogen and oxygen atoms in total. The molecule has 1 fully saturated rings. The standard InChI is InChI=1S/C27H38N8O2/c1-8-22-30-20-16-18(3)23(24(20)35(22)9-2)32-25(28-7)31-21-11-10-19(17-29-21)33-12-14-34(15-13-33)26(36)37-27(4,5)6/h10-11,17H,3,8-9,12-16H2,1-2,4-7H3,(H,28,29,31)/b32-23+. The second kappa shape index (κ2) is 10.7. The van der Waals surface area contributed by atoms with E-state index in [0.717, 1.165) is 60.2 Å². The Hall–Kier alpha value is -3.69. The van der Waals surface area contributed by atoms with E-state index in [0.29, 0.717) is 31.3 Å². The molecule has 10 heteroatoms. The first-order chi connectivity index (χ1) is 17.6. The zero-order chi connectivity index (χ0) is 26.7. The number of nitrogens with one attached hydrogen (secondary N) is 1. The number of piperazine rings is 1. The van der Waals surface area contributed by atoms with Crippen LogP contribution in [0.1, 0.15) is 51.8 Å². The van der Waals surface area contributed by atoms with Crippen molar-refractivity contribution >= 4 is 29.3 Å². The lowest BCUT2D eigenvalue weighted by atomic mass is 10.2. The SMILES string of the molecule is C=C1Cc2nc(CC)n(CC)c2/C1=N/C(=N\C)Nc1ccc(N2CCN(C(=O)OC(C)(C)C)CC2)cn1. The number of hydrogen-bond acceptors (Lipinski definition) is 6. The minimum absolute atomic E-state index is 0.261. The molecule has 37 heavy (non-hydrogen) atoms. The van der Waals surface area contributed by atoms with E-state index in [1.807, 2.05) is 39.1 Å². The molecule has 0 radical (unpaired) electrons. The summed E-state index contributed by atoms with van der Waals surface area (Å²) >= 11 is 0. The molecule has 2 aliphatic rings. The summed E-state index contributed by atoms with van der Waals surface area (Å²) in [6.45, 7) is 17.6. The highest BCUT2D eigenvalue weighted by atomic mass is 16.6. The first-order valence-corrected chi connectivity index (χ1v) is 12.9. The molecule has 1 aliphatic heterocycles. The average Bonchev–Trinajstić information content (AvgIpc) is 3.37. The van der Waals surface area contributed by atoms with E-state index in [4.69, 9.17) is 14.7 Å². The molecule has 0 bridgehead atoms. The third-order valence-corrected chi connectivity index (χ3v) is 6.41. The highest BCUT2D eigenvalue weighted by molar-refractivity contribution is 6.20. The molecule has 4 rings (SSSR count). The number of imidazole rings is 1. The summed E-state index contributed by atoms with van der Waals surface area (Å²) in [5.41, 5.74) is 4.36. The molecular formula is C27H38N8O2. The van der Waals surface area contributed by atoms with Gasteiger partial charge in [-0.2, -0.15) is 0 Å². The normalized spacial score (nSPS) is 17.4. The molecule has 0 aromatic carbocycles. The number of pyridine rings is 1. The lowest BCUT2D eigenvalue weighted by molar-refractivity contribution is 0.0240. The number of aryl methyl sites for hydroxylation is 1. The summed E-state index contributed by atoms with van der Waals surface area (Å²) in [6.07, 6.45) is 3.15. The molecule has 3 heterocycles. The molecule has 198 valence electrons. The maximum absolute atomic E-state index is 12.3. The van der Waals surface area contributed by atoms with E-state index in [1.54, 1.807) is 11.9 Å². The van der Waals surface area contributed by atoms with Crippen LogP contribution in [-0.4, -0.2) is 76.0 Å². The van der Waals surface area contributed by atoms with Gasteiger partial charge in [-0.15, -0.1) is 0 Å². The van der Waals surface area contributed by atoms with Crippen LogP contribution in [0, 0.1) is 0 Å². The van der Waals surface area contributed by atoms with Crippen LogP contribution in [0.25, 0.3) is 0 Å². The van der Waals surface area contributed by atoms with Crippen LogP contribution in [0.5, 0.6) is 0 Å². The van der Waals surface area contributed by atoms with Crippen LogP contribution in [-0.2, 0) is 24.1 Å². The van der Waals surface area contributed by atoms with Gasteiger partial charge in [-0.05, 0) is 45.4 Å². The van der Waals surface area contributed by atoms with Crippen LogP contribution in [0.2, 0.25) is 0 Å². The van der Waals surface area contributed by atoms with E-state index in [2.05, 4.69) is 45.2 Å². The van der Waals surface area contributed by atoms with Crippen molar-refractivity contribution in [3.05, 3.63) is 47.7 Å². The summed E-state index contributed by atoms with van der Waals surface area (Å²) in [7, 11) is 1.71. The Kier molecular flexibility index (Phi) is 7.65. The molecule has 1 saturated heterocycles. The maximum atomic E-state index is 12.3. The number of aliphatic imine (C=N–C) groups is 2. The zero-order valence-electron chi connectivity index (χ0n) is 22.8. The van der Waals surface area contributed by atoms with Crippen LogP contribution in [0.3, 0.4) is 0 Å². The van der Waals surface area contributed by atoms with Crippen LogP contribution in [0.4, 0.5) is 16.3 Å². The molecule has 2 aromatic heterocycles. The molecule has 0 spiro atoms. The van der Waals surface area contributed by atoms with Crippen molar-refractivity contribution in [2.75, 3.05) is 43.4 Å². The number of anilines is 2. The summed E-state index contributed by atoms with van der Waals surface area (Å²) in [5, 5.41) is 3.23. The highest BCUT2D eigenvalue weighted by Gasteiger charge is 2.29. The first kappa shape index (κ1) is 26.4. The number of nitrogens with zero attached hydrogens (tertiary/aromatic N) is 7. The van der Waals surface area contributed by atoms with Crippen LogP contribution in [0.15, 0.2) is 40.5 Å². The van der Waals surface area contributed by atoms with Crippen molar-refractivity contribution < 1.29 is 9.53 Å². The van der Waals surface area contributed by atoms with Gasteiger partial charge in [-0.3, -0.25) is 4.99 Å². The highest BCUT2D eigenvalue weighted by Crippen LogP contribution is 2.28. The zero-order valence-corrected chi connectivity index (χ0v) is 22.8. The predicted molar refractivity (Wildman–Crippen MR) is 148 cm³/mol. The van der Waals surface area contributed by atoms with Gasteiger partial charge in [0.2, 0.25) is 5.96 Å². The molecule has 2 aromatic rings. The Balaban J connectivity index is 1.41. The second-order valence-corrected chi connectivity index (χ2v) is 10.2. The van der Waals surface area contributed by atoms with Crippen molar-refractivity contribution in [3.8, 4) is 0 Å². The smallest absolute Gasteiger partial charge is 0.410 e. The monoisotopic (exact) mass is 506 g/mol.